The van der Waals surface area contributed by atoms with Crippen LogP contribution in [0.15, 0.2) is 47.8 Å². The number of nitrogens with zero attached hydrogens (tertiary/aromatic N) is 2. The molecule has 0 aliphatic carbocycles. The first-order valence-corrected chi connectivity index (χ1v) is 9.40. The Kier molecular flexibility index (Phi) is 5.88. The van der Waals surface area contributed by atoms with Crippen LogP contribution in [0, 0.1) is 5.82 Å². The molecule has 0 unspecified atom stereocenters. The van der Waals surface area contributed by atoms with Crippen molar-refractivity contribution in [2.24, 2.45) is 0 Å². The molecule has 0 atom stereocenters. The molecular formula is C20H17F4N3OS. The third-order valence-corrected chi connectivity index (χ3v) is 4.98. The summed E-state index contributed by atoms with van der Waals surface area (Å²) in [7, 11) is 3.34. The van der Waals surface area contributed by atoms with E-state index in [1.165, 1.54) is 29.5 Å². The number of halogens is 4. The van der Waals surface area contributed by atoms with Crippen molar-refractivity contribution in [3.63, 3.8) is 0 Å². The largest absolute Gasteiger partial charge is 0.416 e. The molecule has 3 rings (SSSR count). The van der Waals surface area contributed by atoms with Gasteiger partial charge in [-0.1, -0.05) is 12.1 Å². The Morgan fingerprint density at radius 1 is 1.17 bits per heavy atom. The molecule has 29 heavy (non-hydrogen) atoms. The summed E-state index contributed by atoms with van der Waals surface area (Å²) < 4.78 is 52.4. The van der Waals surface area contributed by atoms with E-state index in [-0.39, 0.29) is 12.1 Å². The number of amides is 1. The van der Waals surface area contributed by atoms with Gasteiger partial charge in [-0.2, -0.15) is 13.2 Å². The Morgan fingerprint density at radius 2 is 1.93 bits per heavy atom. The van der Waals surface area contributed by atoms with Crippen molar-refractivity contribution in [1.82, 2.24) is 4.98 Å². The Bertz CT molecular complexity index is 1030. The molecule has 3 aromatic rings. The fourth-order valence-electron chi connectivity index (χ4n) is 2.70. The molecule has 0 spiro atoms. The highest BCUT2D eigenvalue weighted by molar-refractivity contribution is 7.13. The highest BCUT2D eigenvalue weighted by Crippen LogP contribution is 2.35. The summed E-state index contributed by atoms with van der Waals surface area (Å²) in [6.45, 7) is 0. The van der Waals surface area contributed by atoms with Gasteiger partial charge < -0.3 is 10.2 Å². The number of alkyl halides is 3. The van der Waals surface area contributed by atoms with E-state index in [1.54, 1.807) is 36.5 Å². The van der Waals surface area contributed by atoms with Crippen LogP contribution in [0.2, 0.25) is 0 Å². The molecule has 152 valence electrons. The number of nitrogens with one attached hydrogen (secondary N) is 1. The molecule has 0 bridgehead atoms. The van der Waals surface area contributed by atoms with E-state index in [9.17, 15) is 22.4 Å². The van der Waals surface area contributed by atoms with Crippen LogP contribution >= 0.6 is 11.3 Å². The average molecular weight is 423 g/mol. The molecule has 0 saturated heterocycles. The lowest BCUT2D eigenvalue weighted by Crippen LogP contribution is -2.19. The van der Waals surface area contributed by atoms with Gasteiger partial charge in [0.1, 0.15) is 10.8 Å². The fourth-order valence-corrected chi connectivity index (χ4v) is 3.52. The van der Waals surface area contributed by atoms with Gasteiger partial charge in [0.2, 0.25) is 5.91 Å². The second-order valence-electron chi connectivity index (χ2n) is 6.50. The van der Waals surface area contributed by atoms with Gasteiger partial charge in [-0.3, -0.25) is 4.79 Å². The maximum Gasteiger partial charge on any atom is 0.416 e. The highest BCUT2D eigenvalue weighted by Gasteiger charge is 2.31. The number of thiazole rings is 1. The predicted octanol–water partition coefficient (Wildman–Crippen LogP) is 5.22. The second kappa shape index (κ2) is 8.20. The highest BCUT2D eigenvalue weighted by atomic mass is 32.1. The van der Waals surface area contributed by atoms with Gasteiger partial charge in [-0.15, -0.1) is 11.3 Å². The van der Waals surface area contributed by atoms with Crippen LogP contribution in [0.4, 0.5) is 28.9 Å². The van der Waals surface area contributed by atoms with E-state index < -0.39 is 23.5 Å². The zero-order valence-electron chi connectivity index (χ0n) is 15.5. The van der Waals surface area contributed by atoms with Crippen molar-refractivity contribution < 1.29 is 22.4 Å². The first kappa shape index (κ1) is 20.8. The number of rotatable bonds is 5. The van der Waals surface area contributed by atoms with Crippen LogP contribution < -0.4 is 10.2 Å². The summed E-state index contributed by atoms with van der Waals surface area (Å²) in [5, 5.41) is 4.76. The Hall–Kier alpha value is -2.94. The summed E-state index contributed by atoms with van der Waals surface area (Å²) in [5.74, 6) is -0.888. The lowest BCUT2D eigenvalue weighted by molar-refractivity contribution is -0.137. The van der Waals surface area contributed by atoms with E-state index in [1.807, 2.05) is 0 Å². The lowest BCUT2D eigenvalue weighted by atomic mass is 10.1. The van der Waals surface area contributed by atoms with Crippen LogP contribution in [0.3, 0.4) is 0 Å². The molecule has 0 radical (unpaired) electrons. The average Bonchev–Trinajstić information content (AvgIpc) is 3.09. The Balaban J connectivity index is 1.77. The monoisotopic (exact) mass is 423 g/mol. The van der Waals surface area contributed by atoms with E-state index in [2.05, 4.69) is 10.3 Å². The van der Waals surface area contributed by atoms with E-state index in [0.29, 0.717) is 22.0 Å². The molecule has 0 saturated carbocycles. The topological polar surface area (TPSA) is 45.2 Å². The van der Waals surface area contributed by atoms with Gasteiger partial charge in [-0.25, -0.2) is 9.37 Å². The predicted molar refractivity (Wildman–Crippen MR) is 106 cm³/mol. The number of hydrogen-bond donors (Lipinski definition) is 1. The molecule has 2 aromatic carbocycles. The number of aromatic nitrogens is 1. The van der Waals surface area contributed by atoms with Crippen LogP contribution in [0.1, 0.15) is 11.3 Å². The molecule has 0 fully saturated rings. The van der Waals surface area contributed by atoms with Crippen LogP contribution in [0.5, 0.6) is 0 Å². The van der Waals surface area contributed by atoms with Crippen LogP contribution in [0.25, 0.3) is 10.6 Å². The van der Waals surface area contributed by atoms with Gasteiger partial charge in [0.05, 0.1) is 29.1 Å². The van der Waals surface area contributed by atoms with E-state index >= 15 is 0 Å². The normalized spacial score (nSPS) is 11.4. The zero-order valence-corrected chi connectivity index (χ0v) is 16.4. The van der Waals surface area contributed by atoms with Crippen molar-refractivity contribution >= 4 is 28.6 Å². The van der Waals surface area contributed by atoms with Crippen LogP contribution in [-0.4, -0.2) is 25.0 Å². The van der Waals surface area contributed by atoms with Crippen molar-refractivity contribution in [2.75, 3.05) is 24.3 Å². The van der Waals surface area contributed by atoms with Crippen molar-refractivity contribution in [3.8, 4) is 10.6 Å². The number of anilines is 2. The first-order valence-electron chi connectivity index (χ1n) is 8.52. The van der Waals surface area contributed by atoms with E-state index in [0.717, 1.165) is 12.1 Å². The van der Waals surface area contributed by atoms with Crippen molar-refractivity contribution in [3.05, 3.63) is 64.9 Å². The summed E-state index contributed by atoms with van der Waals surface area (Å²) in [6.07, 6.45) is -4.63. The third kappa shape index (κ3) is 5.11. The maximum absolute atomic E-state index is 13.4. The first-order chi connectivity index (χ1) is 13.6. The smallest absolute Gasteiger partial charge is 0.376 e. The minimum atomic E-state index is -4.51. The van der Waals surface area contributed by atoms with Gasteiger partial charge >= 0.3 is 6.18 Å². The molecule has 0 aliphatic heterocycles. The van der Waals surface area contributed by atoms with Gasteiger partial charge in [0, 0.05) is 25.0 Å². The molecule has 1 N–H and O–H groups in total. The van der Waals surface area contributed by atoms with Gasteiger partial charge in [0.25, 0.3) is 0 Å². The number of carbonyl (C=O) groups excluding carboxylic acids is 1. The quantitative estimate of drug-likeness (QED) is 0.573. The van der Waals surface area contributed by atoms with Crippen LogP contribution in [-0.2, 0) is 17.4 Å². The second-order valence-corrected chi connectivity index (χ2v) is 7.36. The summed E-state index contributed by atoms with van der Waals surface area (Å²) in [6, 6.07) is 9.12. The Labute approximate surface area is 168 Å². The molecule has 1 aromatic heterocycles. The maximum atomic E-state index is 13.4. The third-order valence-electron chi connectivity index (χ3n) is 4.04. The summed E-state index contributed by atoms with van der Waals surface area (Å²) in [5.41, 5.74) is 0.709. The molecule has 9 heteroatoms. The summed E-state index contributed by atoms with van der Waals surface area (Å²) in [4.78, 5) is 18.3. The van der Waals surface area contributed by atoms with Crippen molar-refractivity contribution in [1.29, 1.82) is 0 Å². The number of benzene rings is 2. The Morgan fingerprint density at radius 3 is 2.59 bits per heavy atom. The van der Waals surface area contributed by atoms with E-state index in [4.69, 9.17) is 0 Å². The summed E-state index contributed by atoms with van der Waals surface area (Å²) >= 11 is 1.26. The molecule has 4 nitrogen and oxygen atoms in total. The SMILES string of the molecule is CN(C)c1ccc(C(F)(F)F)cc1NC(=O)Cc1csc(-c2cccc(F)c2)n1. The number of carbonyl (C=O) groups is 1. The minimum absolute atomic E-state index is 0.0652. The zero-order chi connectivity index (χ0) is 21.2. The van der Waals surface area contributed by atoms with Crippen molar-refractivity contribution in [2.45, 2.75) is 12.6 Å². The van der Waals surface area contributed by atoms with Gasteiger partial charge in [-0.05, 0) is 30.3 Å². The fraction of sp³-hybridized carbons (Fsp3) is 0.200. The standard InChI is InChI=1S/C20H17F4N3OS/c1-27(2)17-7-6-13(20(22,23)24)9-16(17)26-18(28)10-15-11-29-19(25-15)12-4-3-5-14(21)8-12/h3-9,11H,10H2,1-2H3,(H,26,28). The lowest BCUT2D eigenvalue weighted by Gasteiger charge is -2.19. The minimum Gasteiger partial charge on any atom is -0.376 e. The molecule has 1 amide bonds. The molecule has 0 aliphatic rings. The number of hydrogen-bond acceptors (Lipinski definition) is 4. The van der Waals surface area contributed by atoms with Gasteiger partial charge in [0.15, 0.2) is 0 Å². The molecular weight excluding hydrogens is 406 g/mol. The molecule has 1 heterocycles.